The number of fused-ring (bicyclic) bond motifs is 1. The van der Waals surface area contributed by atoms with Gasteiger partial charge in [-0.3, -0.25) is 4.79 Å². The molecule has 0 aliphatic carbocycles. The van der Waals surface area contributed by atoms with E-state index in [-0.39, 0.29) is 4.87 Å². The lowest BCUT2D eigenvalue weighted by Gasteiger charge is -2.06. The molecule has 0 fully saturated rings. The highest BCUT2D eigenvalue weighted by atomic mass is 79.9. The highest BCUT2D eigenvalue weighted by molar-refractivity contribution is 9.10. The van der Waals surface area contributed by atoms with Crippen molar-refractivity contribution < 1.29 is 9.63 Å². The second-order valence-electron chi connectivity index (χ2n) is 4.64. The van der Waals surface area contributed by atoms with E-state index in [4.69, 9.17) is 4.84 Å². The van der Waals surface area contributed by atoms with Crippen molar-refractivity contribution in [3.63, 3.8) is 0 Å². The lowest BCUT2D eigenvalue weighted by Crippen LogP contribution is -2.36. The van der Waals surface area contributed by atoms with Gasteiger partial charge in [-0.2, -0.15) is 0 Å². The second-order valence-corrected chi connectivity index (χ2v) is 6.55. The molecule has 1 heterocycles. The third kappa shape index (κ3) is 4.31. The number of rotatable bonds is 6. The van der Waals surface area contributed by atoms with Gasteiger partial charge in [0.05, 0.1) is 4.70 Å². The Bertz CT molecular complexity index is 680. The molecule has 7 heteroatoms. The van der Waals surface area contributed by atoms with Gasteiger partial charge in [-0.15, -0.1) is 4.73 Å². The van der Waals surface area contributed by atoms with E-state index in [0.717, 1.165) is 50.9 Å². The van der Waals surface area contributed by atoms with Crippen molar-refractivity contribution >= 4 is 43.6 Å². The summed E-state index contributed by atoms with van der Waals surface area (Å²) in [6, 6.07) is 5.37. The summed E-state index contributed by atoms with van der Waals surface area (Å²) in [5.41, 5.74) is 0.592. The van der Waals surface area contributed by atoms with Crippen LogP contribution in [0.25, 0.3) is 10.2 Å². The van der Waals surface area contributed by atoms with Gasteiger partial charge in [0.1, 0.15) is 5.52 Å². The molecule has 1 aromatic carbocycles. The number of thiazole rings is 1. The molecule has 5 nitrogen and oxygen atoms in total. The Kier molecular flexibility index (Phi) is 5.81. The molecule has 1 N–H and O–H groups in total. The van der Waals surface area contributed by atoms with Crippen LogP contribution in [0.1, 0.15) is 32.6 Å². The standard InChI is InChI=1S/C14H17BrN2O3S/c1-2-3-4-5-8-16-13(18)20-17-11-7-6-10(15)9-12(11)21-14(17)19/h6-7,9H,2-5,8H2,1H3,(H,16,18). The monoisotopic (exact) mass is 372 g/mol. The normalized spacial score (nSPS) is 10.8. The number of amides is 1. The number of halogens is 1. The average molecular weight is 373 g/mol. The first kappa shape index (κ1) is 16.0. The van der Waals surface area contributed by atoms with Crippen molar-refractivity contribution in [3.8, 4) is 0 Å². The molecule has 0 atom stereocenters. The molecule has 0 aliphatic rings. The molecule has 0 spiro atoms. The SMILES string of the molecule is CCCCCCNC(=O)On1c(=O)sc2cc(Br)ccc21. The Morgan fingerprint density at radius 3 is 2.95 bits per heavy atom. The van der Waals surface area contributed by atoms with Crippen LogP contribution in [0.2, 0.25) is 0 Å². The molecule has 21 heavy (non-hydrogen) atoms. The lowest BCUT2D eigenvalue weighted by molar-refractivity contribution is 0.136. The molecule has 0 bridgehead atoms. The molecular formula is C14H17BrN2O3S. The summed E-state index contributed by atoms with van der Waals surface area (Å²) in [5.74, 6) is 0. The van der Waals surface area contributed by atoms with E-state index in [2.05, 4.69) is 28.2 Å². The van der Waals surface area contributed by atoms with Crippen LogP contribution in [0.15, 0.2) is 27.5 Å². The van der Waals surface area contributed by atoms with Crippen molar-refractivity contribution in [2.45, 2.75) is 32.6 Å². The largest absolute Gasteiger partial charge is 0.432 e. The number of carbonyl (C=O) groups is 1. The minimum atomic E-state index is -0.601. The summed E-state index contributed by atoms with van der Waals surface area (Å²) in [5, 5.41) is 2.66. The van der Waals surface area contributed by atoms with Crippen LogP contribution in [0.3, 0.4) is 0 Å². The number of unbranched alkanes of at least 4 members (excludes halogenated alkanes) is 3. The number of hydrogen-bond acceptors (Lipinski definition) is 4. The quantitative estimate of drug-likeness (QED) is 0.788. The zero-order valence-electron chi connectivity index (χ0n) is 11.7. The second kappa shape index (κ2) is 7.61. The first-order valence-electron chi connectivity index (χ1n) is 6.89. The van der Waals surface area contributed by atoms with Crippen molar-refractivity contribution in [1.82, 2.24) is 10.0 Å². The van der Waals surface area contributed by atoms with Gasteiger partial charge in [0, 0.05) is 11.0 Å². The molecule has 0 radical (unpaired) electrons. The number of hydrogen-bond donors (Lipinski definition) is 1. The molecule has 0 unspecified atom stereocenters. The Morgan fingerprint density at radius 2 is 2.19 bits per heavy atom. The van der Waals surface area contributed by atoms with E-state index in [0.29, 0.717) is 12.1 Å². The summed E-state index contributed by atoms with van der Waals surface area (Å²) < 4.78 is 2.68. The van der Waals surface area contributed by atoms with E-state index in [1.54, 1.807) is 12.1 Å². The summed E-state index contributed by atoms with van der Waals surface area (Å²) >= 11 is 4.39. The Hall–Kier alpha value is -1.34. The van der Waals surface area contributed by atoms with Crippen LogP contribution < -0.4 is 15.0 Å². The summed E-state index contributed by atoms with van der Waals surface area (Å²) in [4.78, 5) is 28.3. The number of nitrogens with zero attached hydrogens (tertiary/aromatic N) is 1. The minimum Gasteiger partial charge on any atom is -0.320 e. The highest BCUT2D eigenvalue weighted by Crippen LogP contribution is 2.21. The molecule has 2 aromatic rings. The van der Waals surface area contributed by atoms with E-state index >= 15 is 0 Å². The van der Waals surface area contributed by atoms with Crippen LogP contribution in [-0.4, -0.2) is 17.4 Å². The van der Waals surface area contributed by atoms with Gasteiger partial charge in [-0.25, -0.2) is 4.79 Å². The van der Waals surface area contributed by atoms with Gasteiger partial charge in [-0.1, -0.05) is 53.5 Å². The molecule has 2 rings (SSSR count). The van der Waals surface area contributed by atoms with E-state index in [9.17, 15) is 9.59 Å². The third-order valence-electron chi connectivity index (χ3n) is 2.98. The van der Waals surface area contributed by atoms with Gasteiger partial charge in [-0.05, 0) is 24.6 Å². The maximum atomic E-state index is 11.9. The molecule has 1 amide bonds. The first-order valence-corrected chi connectivity index (χ1v) is 8.50. The van der Waals surface area contributed by atoms with Crippen LogP contribution in [0.4, 0.5) is 4.79 Å². The van der Waals surface area contributed by atoms with Crippen LogP contribution in [0.5, 0.6) is 0 Å². The van der Waals surface area contributed by atoms with Crippen LogP contribution >= 0.6 is 27.3 Å². The predicted molar refractivity (Wildman–Crippen MR) is 87.9 cm³/mol. The van der Waals surface area contributed by atoms with Crippen molar-refractivity contribution in [3.05, 3.63) is 32.3 Å². The van der Waals surface area contributed by atoms with Gasteiger partial charge in [0.25, 0.3) is 0 Å². The summed E-state index contributed by atoms with van der Waals surface area (Å²) in [6.07, 6.45) is 3.69. The molecule has 0 saturated heterocycles. The number of nitrogens with one attached hydrogen (secondary N) is 1. The van der Waals surface area contributed by atoms with Crippen LogP contribution in [-0.2, 0) is 0 Å². The number of carbonyl (C=O) groups excluding carboxylic acids is 1. The minimum absolute atomic E-state index is 0.316. The van der Waals surface area contributed by atoms with Crippen molar-refractivity contribution in [2.75, 3.05) is 6.54 Å². The Morgan fingerprint density at radius 1 is 1.38 bits per heavy atom. The van der Waals surface area contributed by atoms with Gasteiger partial charge in [0.15, 0.2) is 0 Å². The first-order chi connectivity index (χ1) is 10.1. The molecule has 1 aromatic heterocycles. The Labute approximate surface area is 135 Å². The fourth-order valence-corrected chi connectivity index (χ4v) is 3.28. The zero-order valence-corrected chi connectivity index (χ0v) is 14.1. The van der Waals surface area contributed by atoms with Gasteiger partial charge < -0.3 is 10.2 Å². The topological polar surface area (TPSA) is 60.3 Å². The van der Waals surface area contributed by atoms with E-state index in [1.165, 1.54) is 0 Å². The third-order valence-corrected chi connectivity index (χ3v) is 4.36. The highest BCUT2D eigenvalue weighted by Gasteiger charge is 2.12. The maximum absolute atomic E-state index is 11.9. The number of benzene rings is 1. The number of aromatic nitrogens is 1. The fourth-order valence-electron chi connectivity index (χ4n) is 1.92. The molecule has 114 valence electrons. The Balaban J connectivity index is 1.98. The molecule has 0 aliphatic heterocycles. The summed E-state index contributed by atoms with van der Waals surface area (Å²) in [6.45, 7) is 2.69. The molecule has 0 saturated carbocycles. The van der Waals surface area contributed by atoms with Gasteiger partial charge in [0.2, 0.25) is 0 Å². The lowest BCUT2D eigenvalue weighted by atomic mass is 10.2. The zero-order chi connectivity index (χ0) is 15.2. The average Bonchev–Trinajstić information content (AvgIpc) is 2.74. The maximum Gasteiger partial charge on any atom is 0.432 e. The summed E-state index contributed by atoms with van der Waals surface area (Å²) in [7, 11) is 0. The van der Waals surface area contributed by atoms with Gasteiger partial charge >= 0.3 is 11.0 Å². The smallest absolute Gasteiger partial charge is 0.320 e. The van der Waals surface area contributed by atoms with Crippen molar-refractivity contribution in [1.29, 1.82) is 0 Å². The van der Waals surface area contributed by atoms with Crippen LogP contribution in [0, 0.1) is 0 Å². The van der Waals surface area contributed by atoms with E-state index < -0.39 is 6.09 Å². The van der Waals surface area contributed by atoms with Crippen molar-refractivity contribution in [2.24, 2.45) is 0 Å². The van der Waals surface area contributed by atoms with E-state index in [1.807, 2.05) is 6.07 Å². The predicted octanol–water partition coefficient (Wildman–Crippen LogP) is 3.54. The molecular weight excluding hydrogens is 356 g/mol. The fraction of sp³-hybridized carbons (Fsp3) is 0.429.